The minimum atomic E-state index is -0.772. The van der Waals surface area contributed by atoms with Crippen molar-refractivity contribution < 1.29 is 14.6 Å². The molecule has 1 aliphatic carbocycles. The Labute approximate surface area is 108 Å². The van der Waals surface area contributed by atoms with E-state index in [1.54, 1.807) is 0 Å². The highest BCUT2D eigenvalue weighted by Crippen LogP contribution is 2.46. The number of benzene rings is 1. The summed E-state index contributed by atoms with van der Waals surface area (Å²) in [5, 5.41) is 10.6. The van der Waals surface area contributed by atoms with Crippen LogP contribution in [0.4, 0.5) is 0 Å². The average molecular weight is 248 g/mol. The van der Waals surface area contributed by atoms with E-state index in [9.17, 15) is 9.90 Å². The predicted molar refractivity (Wildman–Crippen MR) is 68.9 cm³/mol. The van der Waals surface area contributed by atoms with Gasteiger partial charge in [-0.2, -0.15) is 0 Å². The molecule has 0 radical (unpaired) electrons. The third kappa shape index (κ3) is 2.27. The molecule has 0 heterocycles. The van der Waals surface area contributed by atoms with Crippen molar-refractivity contribution in [1.29, 1.82) is 0 Å². The molecule has 18 heavy (non-hydrogen) atoms. The molecule has 0 spiro atoms. The maximum Gasteiger partial charge on any atom is 0.314 e. The van der Waals surface area contributed by atoms with Crippen molar-refractivity contribution in [2.75, 3.05) is 7.11 Å². The zero-order valence-electron chi connectivity index (χ0n) is 10.8. The highest BCUT2D eigenvalue weighted by atomic mass is 16.5. The first-order valence-corrected chi connectivity index (χ1v) is 6.52. The molecule has 1 aromatic carbocycles. The molecule has 0 saturated heterocycles. The lowest BCUT2D eigenvalue weighted by molar-refractivity contribution is -0.164. The normalized spacial score (nSPS) is 20.1. The molecule has 1 unspecified atom stereocenters. The first kappa shape index (κ1) is 13.1. The quantitative estimate of drug-likeness (QED) is 0.837. The van der Waals surface area contributed by atoms with Crippen molar-refractivity contribution in [3.05, 3.63) is 35.9 Å². The van der Waals surface area contributed by atoms with Gasteiger partial charge in [0.25, 0.3) is 0 Å². The van der Waals surface area contributed by atoms with Gasteiger partial charge in [-0.05, 0) is 18.4 Å². The third-order valence-electron chi connectivity index (χ3n) is 3.98. The van der Waals surface area contributed by atoms with Crippen LogP contribution in [0.2, 0.25) is 0 Å². The van der Waals surface area contributed by atoms with Gasteiger partial charge in [0, 0.05) is 0 Å². The number of ether oxygens (including phenoxy) is 1. The van der Waals surface area contributed by atoms with Gasteiger partial charge in [-0.15, -0.1) is 0 Å². The van der Waals surface area contributed by atoms with Crippen LogP contribution in [0, 0.1) is 5.41 Å². The second kappa shape index (κ2) is 5.53. The van der Waals surface area contributed by atoms with Crippen LogP contribution in [0.5, 0.6) is 0 Å². The molecule has 3 nitrogen and oxygen atoms in total. The number of aliphatic hydroxyl groups is 1. The molecule has 98 valence electrons. The molecule has 1 atom stereocenters. The molecular weight excluding hydrogens is 228 g/mol. The molecule has 1 fully saturated rings. The summed E-state index contributed by atoms with van der Waals surface area (Å²) in [4.78, 5) is 12.1. The SMILES string of the molecule is COC(=O)C1(C(O)c2ccccc2)CCCCC1. The zero-order chi connectivity index (χ0) is 13.0. The highest BCUT2D eigenvalue weighted by Gasteiger charge is 2.47. The molecule has 3 heteroatoms. The van der Waals surface area contributed by atoms with Crippen LogP contribution in [0.15, 0.2) is 30.3 Å². The van der Waals surface area contributed by atoms with Crippen LogP contribution in [0.25, 0.3) is 0 Å². The number of methoxy groups -OCH3 is 1. The molecule has 1 N–H and O–H groups in total. The summed E-state index contributed by atoms with van der Waals surface area (Å²) in [7, 11) is 1.40. The van der Waals surface area contributed by atoms with E-state index < -0.39 is 11.5 Å². The van der Waals surface area contributed by atoms with Gasteiger partial charge >= 0.3 is 5.97 Å². The van der Waals surface area contributed by atoms with Crippen molar-refractivity contribution in [1.82, 2.24) is 0 Å². The zero-order valence-corrected chi connectivity index (χ0v) is 10.8. The van der Waals surface area contributed by atoms with Crippen LogP contribution in [0.3, 0.4) is 0 Å². The Hall–Kier alpha value is -1.35. The van der Waals surface area contributed by atoms with Crippen LogP contribution in [-0.2, 0) is 9.53 Å². The number of rotatable bonds is 3. The topological polar surface area (TPSA) is 46.5 Å². The number of hydrogen-bond acceptors (Lipinski definition) is 3. The van der Waals surface area contributed by atoms with Gasteiger partial charge in [0.15, 0.2) is 0 Å². The standard InChI is InChI=1S/C15H20O3/c1-18-14(17)15(10-6-3-7-11-15)13(16)12-8-4-2-5-9-12/h2,4-5,8-9,13,16H,3,6-7,10-11H2,1H3. The molecule has 1 aliphatic rings. The highest BCUT2D eigenvalue weighted by molar-refractivity contribution is 5.78. The van der Waals surface area contributed by atoms with Gasteiger partial charge in [0.1, 0.15) is 0 Å². The van der Waals surface area contributed by atoms with E-state index in [-0.39, 0.29) is 5.97 Å². The summed E-state index contributed by atoms with van der Waals surface area (Å²) in [5.74, 6) is -0.279. The number of aliphatic hydroxyl groups excluding tert-OH is 1. The predicted octanol–water partition coefficient (Wildman–Crippen LogP) is 2.84. The Morgan fingerprint density at radius 3 is 2.39 bits per heavy atom. The summed E-state index contributed by atoms with van der Waals surface area (Å²) < 4.78 is 4.94. The molecule has 1 saturated carbocycles. The molecule has 0 bridgehead atoms. The van der Waals surface area contributed by atoms with Gasteiger partial charge in [-0.25, -0.2) is 0 Å². The van der Waals surface area contributed by atoms with E-state index in [2.05, 4.69) is 0 Å². The van der Waals surface area contributed by atoms with E-state index in [1.807, 2.05) is 30.3 Å². The molecule has 0 amide bonds. The molecule has 2 rings (SSSR count). The fraction of sp³-hybridized carbons (Fsp3) is 0.533. The van der Waals surface area contributed by atoms with Crippen LogP contribution < -0.4 is 0 Å². The minimum Gasteiger partial charge on any atom is -0.469 e. The van der Waals surface area contributed by atoms with Gasteiger partial charge in [-0.1, -0.05) is 49.6 Å². The maximum absolute atomic E-state index is 12.1. The number of hydrogen-bond donors (Lipinski definition) is 1. The number of esters is 1. The Kier molecular flexibility index (Phi) is 4.02. The number of carbonyl (C=O) groups excluding carboxylic acids is 1. The van der Waals surface area contributed by atoms with Gasteiger partial charge in [0.05, 0.1) is 18.6 Å². The van der Waals surface area contributed by atoms with Crippen molar-refractivity contribution >= 4 is 5.97 Å². The summed E-state index contributed by atoms with van der Waals surface area (Å²) >= 11 is 0. The smallest absolute Gasteiger partial charge is 0.314 e. The van der Waals surface area contributed by atoms with Gasteiger partial charge in [-0.3, -0.25) is 4.79 Å². The summed E-state index contributed by atoms with van der Waals surface area (Å²) in [5.41, 5.74) is 0.0405. The Balaban J connectivity index is 2.31. The Morgan fingerprint density at radius 1 is 1.22 bits per heavy atom. The fourth-order valence-corrected chi connectivity index (χ4v) is 2.93. The average Bonchev–Trinajstić information content (AvgIpc) is 2.47. The molecule has 0 aliphatic heterocycles. The van der Waals surface area contributed by atoms with Crippen molar-refractivity contribution in [2.45, 2.75) is 38.2 Å². The van der Waals surface area contributed by atoms with E-state index in [0.29, 0.717) is 12.8 Å². The monoisotopic (exact) mass is 248 g/mol. The van der Waals surface area contributed by atoms with Crippen molar-refractivity contribution in [3.8, 4) is 0 Å². The summed E-state index contributed by atoms with van der Waals surface area (Å²) in [6.07, 6.45) is 3.70. The van der Waals surface area contributed by atoms with E-state index >= 15 is 0 Å². The van der Waals surface area contributed by atoms with Gasteiger partial charge in [0.2, 0.25) is 0 Å². The van der Waals surface area contributed by atoms with Crippen LogP contribution in [0.1, 0.15) is 43.8 Å². The van der Waals surface area contributed by atoms with E-state index in [1.165, 1.54) is 7.11 Å². The first-order chi connectivity index (χ1) is 8.70. The summed E-state index contributed by atoms with van der Waals surface area (Å²) in [6, 6.07) is 9.40. The van der Waals surface area contributed by atoms with Crippen molar-refractivity contribution in [2.24, 2.45) is 5.41 Å². The van der Waals surface area contributed by atoms with Crippen LogP contribution >= 0.6 is 0 Å². The molecule has 1 aromatic rings. The lowest BCUT2D eigenvalue weighted by Crippen LogP contribution is -2.40. The van der Waals surface area contributed by atoms with Crippen LogP contribution in [-0.4, -0.2) is 18.2 Å². The summed E-state index contributed by atoms with van der Waals surface area (Å²) in [6.45, 7) is 0. The maximum atomic E-state index is 12.1. The van der Waals surface area contributed by atoms with Crippen molar-refractivity contribution in [3.63, 3.8) is 0 Å². The Bertz CT molecular complexity index is 393. The second-order valence-corrected chi connectivity index (χ2v) is 5.02. The first-order valence-electron chi connectivity index (χ1n) is 6.52. The molecule has 0 aromatic heterocycles. The van der Waals surface area contributed by atoms with E-state index in [4.69, 9.17) is 4.74 Å². The Morgan fingerprint density at radius 2 is 1.83 bits per heavy atom. The lowest BCUT2D eigenvalue weighted by Gasteiger charge is -2.38. The molecular formula is C15H20O3. The largest absolute Gasteiger partial charge is 0.469 e. The third-order valence-corrected chi connectivity index (χ3v) is 3.98. The number of carbonyl (C=O) groups is 1. The van der Waals surface area contributed by atoms with Gasteiger partial charge < -0.3 is 9.84 Å². The lowest BCUT2D eigenvalue weighted by atomic mass is 9.68. The van der Waals surface area contributed by atoms with E-state index in [0.717, 1.165) is 24.8 Å². The second-order valence-electron chi connectivity index (χ2n) is 5.02. The fourth-order valence-electron chi connectivity index (χ4n) is 2.93. The minimum absolute atomic E-state index is 0.279.